The molecule has 84 valence electrons. The lowest BCUT2D eigenvalue weighted by Gasteiger charge is -2.03. The molecule has 0 saturated heterocycles. The first-order chi connectivity index (χ1) is 6.81. The lowest BCUT2D eigenvalue weighted by Crippen LogP contribution is -2.19. The molecule has 5 nitrogen and oxygen atoms in total. The van der Waals surface area contributed by atoms with Crippen molar-refractivity contribution in [1.82, 2.24) is 5.32 Å². The predicted molar refractivity (Wildman–Crippen MR) is 56.6 cm³/mol. The van der Waals surface area contributed by atoms with Crippen LogP contribution >= 0.6 is 0 Å². The van der Waals surface area contributed by atoms with Crippen LogP contribution in [-0.2, 0) is 4.74 Å². The first-order valence-electron chi connectivity index (χ1n) is 4.97. The minimum Gasteiger partial charge on any atom is -0.409 e. The van der Waals surface area contributed by atoms with Gasteiger partial charge >= 0.3 is 0 Å². The van der Waals surface area contributed by atoms with E-state index in [2.05, 4.69) is 10.5 Å². The number of hydrogen-bond donors (Lipinski definition) is 3. The SMILES string of the molecule is COCCCCNCCCC(N)=NO. The second-order valence-electron chi connectivity index (χ2n) is 3.14. The smallest absolute Gasteiger partial charge is 0.139 e. The first-order valence-corrected chi connectivity index (χ1v) is 4.97. The van der Waals surface area contributed by atoms with Gasteiger partial charge in [0.15, 0.2) is 0 Å². The summed E-state index contributed by atoms with van der Waals surface area (Å²) in [7, 11) is 1.71. The molecule has 0 unspecified atom stereocenters. The molecule has 0 bridgehead atoms. The van der Waals surface area contributed by atoms with Crippen LogP contribution < -0.4 is 11.1 Å². The van der Waals surface area contributed by atoms with E-state index >= 15 is 0 Å². The average Bonchev–Trinajstić information content (AvgIpc) is 2.21. The molecule has 0 aliphatic rings. The maximum atomic E-state index is 8.26. The van der Waals surface area contributed by atoms with Crippen LogP contribution in [0.25, 0.3) is 0 Å². The first kappa shape index (κ1) is 13.2. The summed E-state index contributed by atoms with van der Waals surface area (Å²) in [5, 5.41) is 14.4. The van der Waals surface area contributed by atoms with E-state index in [1.165, 1.54) is 0 Å². The predicted octanol–water partition coefficient (Wildman–Crippen LogP) is 0.529. The van der Waals surface area contributed by atoms with Crippen LogP contribution in [0.5, 0.6) is 0 Å². The molecule has 0 heterocycles. The van der Waals surface area contributed by atoms with Gasteiger partial charge in [0, 0.05) is 20.1 Å². The Kier molecular flexibility index (Phi) is 9.68. The van der Waals surface area contributed by atoms with Crippen molar-refractivity contribution in [1.29, 1.82) is 0 Å². The van der Waals surface area contributed by atoms with Gasteiger partial charge in [0.2, 0.25) is 0 Å². The highest BCUT2D eigenvalue weighted by Gasteiger charge is 1.93. The molecule has 0 spiro atoms. The van der Waals surface area contributed by atoms with Crippen LogP contribution in [-0.4, -0.2) is 37.8 Å². The lowest BCUT2D eigenvalue weighted by molar-refractivity contribution is 0.192. The molecule has 0 saturated carbocycles. The minimum absolute atomic E-state index is 0.297. The van der Waals surface area contributed by atoms with Gasteiger partial charge in [-0.3, -0.25) is 0 Å². The monoisotopic (exact) mass is 203 g/mol. The number of amidine groups is 1. The van der Waals surface area contributed by atoms with E-state index in [9.17, 15) is 0 Å². The highest BCUT2D eigenvalue weighted by atomic mass is 16.5. The molecule has 0 atom stereocenters. The van der Waals surface area contributed by atoms with E-state index in [4.69, 9.17) is 15.7 Å². The summed E-state index contributed by atoms with van der Waals surface area (Å²) in [6.45, 7) is 2.73. The fraction of sp³-hybridized carbons (Fsp3) is 0.889. The van der Waals surface area contributed by atoms with Gasteiger partial charge in [0.1, 0.15) is 5.84 Å². The molecule has 5 heteroatoms. The van der Waals surface area contributed by atoms with Gasteiger partial charge in [-0.1, -0.05) is 5.16 Å². The van der Waals surface area contributed by atoms with Crippen LogP contribution in [0.3, 0.4) is 0 Å². The molecule has 14 heavy (non-hydrogen) atoms. The minimum atomic E-state index is 0.297. The highest BCUT2D eigenvalue weighted by Crippen LogP contribution is 1.89. The largest absolute Gasteiger partial charge is 0.409 e. The van der Waals surface area contributed by atoms with Crippen molar-refractivity contribution in [2.75, 3.05) is 26.8 Å². The van der Waals surface area contributed by atoms with Crippen molar-refractivity contribution in [2.24, 2.45) is 10.9 Å². The number of ether oxygens (including phenoxy) is 1. The number of oxime groups is 1. The van der Waals surface area contributed by atoms with E-state index in [-0.39, 0.29) is 0 Å². The molecular formula is C9H21N3O2. The van der Waals surface area contributed by atoms with Gasteiger partial charge in [-0.2, -0.15) is 0 Å². The fourth-order valence-corrected chi connectivity index (χ4v) is 1.07. The van der Waals surface area contributed by atoms with Gasteiger partial charge in [0.05, 0.1) is 0 Å². The lowest BCUT2D eigenvalue weighted by atomic mass is 10.3. The summed E-state index contributed by atoms with van der Waals surface area (Å²) in [5.74, 6) is 0.297. The molecule has 0 fully saturated rings. The molecule has 0 aromatic rings. The second-order valence-corrected chi connectivity index (χ2v) is 3.14. The van der Waals surface area contributed by atoms with Gasteiger partial charge in [-0.05, 0) is 32.4 Å². The van der Waals surface area contributed by atoms with Gasteiger partial charge < -0.3 is 21.0 Å². The van der Waals surface area contributed by atoms with Crippen molar-refractivity contribution in [2.45, 2.75) is 25.7 Å². The third kappa shape index (κ3) is 9.28. The van der Waals surface area contributed by atoms with Gasteiger partial charge in [-0.25, -0.2) is 0 Å². The van der Waals surface area contributed by atoms with E-state index in [0.29, 0.717) is 12.3 Å². The number of nitrogens with two attached hydrogens (primary N) is 1. The molecule has 0 aromatic heterocycles. The van der Waals surface area contributed by atoms with Gasteiger partial charge in [0.25, 0.3) is 0 Å². The zero-order valence-corrected chi connectivity index (χ0v) is 8.83. The average molecular weight is 203 g/mol. The third-order valence-corrected chi connectivity index (χ3v) is 1.87. The van der Waals surface area contributed by atoms with Crippen molar-refractivity contribution < 1.29 is 9.94 Å². The molecule has 0 radical (unpaired) electrons. The Hall–Kier alpha value is -0.810. The topological polar surface area (TPSA) is 79.9 Å². The van der Waals surface area contributed by atoms with E-state index in [1.807, 2.05) is 0 Å². The second kappa shape index (κ2) is 10.3. The maximum absolute atomic E-state index is 8.26. The van der Waals surface area contributed by atoms with Crippen LogP contribution in [0.2, 0.25) is 0 Å². The van der Waals surface area contributed by atoms with E-state index in [0.717, 1.165) is 39.0 Å². The quantitative estimate of drug-likeness (QED) is 0.168. The van der Waals surface area contributed by atoms with Crippen LogP contribution in [0.15, 0.2) is 5.16 Å². The number of hydrogen-bond acceptors (Lipinski definition) is 4. The summed E-state index contributed by atoms with van der Waals surface area (Å²) in [4.78, 5) is 0. The summed E-state index contributed by atoms with van der Waals surface area (Å²) in [6.07, 6.45) is 3.75. The molecule has 0 amide bonds. The maximum Gasteiger partial charge on any atom is 0.139 e. The van der Waals surface area contributed by atoms with Crippen LogP contribution in [0.1, 0.15) is 25.7 Å². The Balaban J connectivity index is 2.99. The van der Waals surface area contributed by atoms with Crippen molar-refractivity contribution in [3.8, 4) is 0 Å². The van der Waals surface area contributed by atoms with Crippen molar-refractivity contribution >= 4 is 5.84 Å². The molecule has 4 N–H and O–H groups in total. The normalized spacial score (nSPS) is 11.9. The summed E-state index contributed by atoms with van der Waals surface area (Å²) in [5.41, 5.74) is 5.31. The molecule has 0 aromatic carbocycles. The van der Waals surface area contributed by atoms with E-state index < -0.39 is 0 Å². The molecule has 0 aliphatic heterocycles. The molecular weight excluding hydrogens is 182 g/mol. The Morgan fingerprint density at radius 3 is 2.71 bits per heavy atom. The standard InChI is InChI=1S/C9H21N3O2/c1-14-8-3-2-6-11-7-4-5-9(10)12-13/h11,13H,2-8H2,1H3,(H2,10,12). The Labute approximate surface area is 85.3 Å². The van der Waals surface area contributed by atoms with E-state index in [1.54, 1.807) is 7.11 Å². The van der Waals surface area contributed by atoms with Gasteiger partial charge in [-0.15, -0.1) is 0 Å². The van der Waals surface area contributed by atoms with Crippen LogP contribution in [0, 0.1) is 0 Å². The number of nitrogens with zero attached hydrogens (tertiary/aromatic N) is 1. The number of nitrogens with one attached hydrogen (secondary N) is 1. The summed E-state index contributed by atoms with van der Waals surface area (Å²) >= 11 is 0. The Morgan fingerprint density at radius 2 is 2.07 bits per heavy atom. The highest BCUT2D eigenvalue weighted by molar-refractivity contribution is 5.79. The summed E-state index contributed by atoms with van der Waals surface area (Å²) < 4.78 is 4.93. The Morgan fingerprint density at radius 1 is 1.36 bits per heavy atom. The zero-order valence-electron chi connectivity index (χ0n) is 8.83. The number of methoxy groups -OCH3 is 1. The van der Waals surface area contributed by atoms with Crippen molar-refractivity contribution in [3.05, 3.63) is 0 Å². The fourth-order valence-electron chi connectivity index (χ4n) is 1.07. The van der Waals surface area contributed by atoms with Crippen LogP contribution in [0.4, 0.5) is 0 Å². The number of unbranched alkanes of at least 4 members (excludes halogenated alkanes) is 1. The molecule has 0 aliphatic carbocycles. The Bertz CT molecular complexity index is 151. The summed E-state index contributed by atoms with van der Waals surface area (Å²) in [6, 6.07) is 0. The van der Waals surface area contributed by atoms with Crippen molar-refractivity contribution in [3.63, 3.8) is 0 Å². The number of rotatable bonds is 9. The molecule has 0 rings (SSSR count). The third-order valence-electron chi connectivity index (χ3n) is 1.87. The zero-order chi connectivity index (χ0) is 10.6.